The third kappa shape index (κ3) is 2.89. The fraction of sp³-hybridized carbons (Fsp3) is 0.400. The summed E-state index contributed by atoms with van der Waals surface area (Å²) in [5.74, 6) is 0.310. The van der Waals surface area contributed by atoms with E-state index in [0.29, 0.717) is 11.6 Å². The van der Waals surface area contributed by atoms with Gasteiger partial charge in [-0.05, 0) is 54.7 Å². The molecule has 1 N–H and O–H groups in total. The third-order valence-electron chi connectivity index (χ3n) is 7.18. The maximum absolute atomic E-state index is 13.4. The molecule has 2 aromatic carbocycles. The van der Waals surface area contributed by atoms with Crippen LogP contribution in [-0.2, 0) is 16.0 Å². The number of ketones is 1. The van der Waals surface area contributed by atoms with Crippen molar-refractivity contribution in [3.63, 3.8) is 0 Å². The van der Waals surface area contributed by atoms with Crippen LogP contribution in [0.2, 0.25) is 0 Å². The Balaban J connectivity index is 1.34. The summed E-state index contributed by atoms with van der Waals surface area (Å²) in [6.07, 6.45) is 3.50. The van der Waals surface area contributed by atoms with Crippen LogP contribution >= 0.6 is 0 Å². The van der Waals surface area contributed by atoms with Crippen LogP contribution in [0.4, 0.5) is 0 Å². The number of aryl methyl sites for hydroxylation is 1. The van der Waals surface area contributed by atoms with E-state index in [4.69, 9.17) is 9.47 Å². The highest BCUT2D eigenvalue weighted by molar-refractivity contribution is 5.93. The van der Waals surface area contributed by atoms with E-state index in [1.807, 2.05) is 42.5 Å². The van der Waals surface area contributed by atoms with Gasteiger partial charge in [0.2, 0.25) is 5.88 Å². The monoisotopic (exact) mass is 416 g/mol. The molecule has 1 saturated carbocycles. The maximum Gasteiger partial charge on any atom is 0.238 e. The van der Waals surface area contributed by atoms with E-state index in [0.717, 1.165) is 41.4 Å². The quantitative estimate of drug-likeness (QED) is 0.697. The van der Waals surface area contributed by atoms with Gasteiger partial charge >= 0.3 is 0 Å². The van der Waals surface area contributed by atoms with Crippen LogP contribution in [0.15, 0.2) is 48.7 Å². The number of hydrogen-bond acceptors (Lipinski definition) is 6. The molecule has 2 bridgehead atoms. The van der Waals surface area contributed by atoms with Gasteiger partial charge in [-0.1, -0.05) is 25.1 Å². The molecule has 1 aromatic heterocycles. The van der Waals surface area contributed by atoms with Crippen molar-refractivity contribution in [2.45, 2.75) is 50.4 Å². The van der Waals surface area contributed by atoms with Crippen LogP contribution < -0.4 is 4.74 Å². The number of carbonyl (C=O) groups excluding carboxylic acids is 1. The van der Waals surface area contributed by atoms with Crippen LogP contribution in [0, 0.1) is 11.8 Å². The fourth-order valence-corrected chi connectivity index (χ4v) is 5.81. The number of para-hydroxylation sites is 2. The van der Waals surface area contributed by atoms with Crippen molar-refractivity contribution in [2.24, 2.45) is 11.8 Å². The van der Waals surface area contributed by atoms with Gasteiger partial charge in [0, 0.05) is 5.92 Å². The number of fused-ring (bicyclic) bond motifs is 6. The Labute approximate surface area is 180 Å². The summed E-state index contributed by atoms with van der Waals surface area (Å²) in [5, 5.41) is 11.2. The van der Waals surface area contributed by atoms with Gasteiger partial charge in [-0.15, -0.1) is 0 Å². The predicted molar refractivity (Wildman–Crippen MR) is 114 cm³/mol. The van der Waals surface area contributed by atoms with Gasteiger partial charge in [0.05, 0.1) is 47.4 Å². The van der Waals surface area contributed by atoms with Crippen molar-refractivity contribution >= 4 is 16.8 Å². The molecule has 6 rings (SSSR count). The molecule has 6 atom stereocenters. The molecule has 0 spiro atoms. The van der Waals surface area contributed by atoms with Gasteiger partial charge in [0.25, 0.3) is 0 Å². The summed E-state index contributed by atoms with van der Waals surface area (Å²) in [6.45, 7) is 2.06. The van der Waals surface area contributed by atoms with Crippen molar-refractivity contribution in [2.75, 3.05) is 0 Å². The summed E-state index contributed by atoms with van der Waals surface area (Å²) in [7, 11) is 0. The minimum atomic E-state index is -0.714. The Morgan fingerprint density at radius 2 is 1.94 bits per heavy atom. The molecule has 6 unspecified atom stereocenters. The smallest absolute Gasteiger partial charge is 0.238 e. The molecule has 1 aliphatic carbocycles. The van der Waals surface area contributed by atoms with Gasteiger partial charge in [-0.3, -0.25) is 4.79 Å². The Bertz CT molecular complexity index is 1180. The lowest BCUT2D eigenvalue weighted by atomic mass is 9.81. The summed E-state index contributed by atoms with van der Waals surface area (Å²) < 4.78 is 12.0. The summed E-state index contributed by atoms with van der Waals surface area (Å²) in [5.41, 5.74) is 3.48. The Kier molecular flexibility index (Phi) is 4.33. The topological polar surface area (TPSA) is 81.5 Å². The number of Topliss-reactive ketones (excluding diaryl/α,β-unsaturated/α-hetero) is 1. The molecule has 3 aromatic rings. The molecular formula is C25H24N2O4. The van der Waals surface area contributed by atoms with Crippen molar-refractivity contribution in [3.05, 3.63) is 59.8 Å². The van der Waals surface area contributed by atoms with Crippen LogP contribution in [0.5, 0.6) is 11.6 Å². The highest BCUT2D eigenvalue weighted by Gasteiger charge is 2.62. The van der Waals surface area contributed by atoms with E-state index in [2.05, 4.69) is 16.9 Å². The van der Waals surface area contributed by atoms with Crippen LogP contribution in [0.1, 0.15) is 36.8 Å². The van der Waals surface area contributed by atoms with Crippen molar-refractivity contribution in [1.29, 1.82) is 0 Å². The molecular weight excluding hydrogens is 392 g/mol. The van der Waals surface area contributed by atoms with E-state index in [-0.39, 0.29) is 29.8 Å². The van der Waals surface area contributed by atoms with Crippen LogP contribution in [-0.4, -0.2) is 39.2 Å². The van der Waals surface area contributed by atoms with Gasteiger partial charge in [-0.2, -0.15) is 0 Å². The largest absolute Gasteiger partial charge is 0.437 e. The molecule has 3 heterocycles. The number of aromatic nitrogens is 2. The molecule has 0 amide bonds. The summed E-state index contributed by atoms with van der Waals surface area (Å²) >= 11 is 0. The maximum atomic E-state index is 13.4. The van der Waals surface area contributed by atoms with E-state index in [9.17, 15) is 9.90 Å². The third-order valence-corrected chi connectivity index (χ3v) is 7.18. The van der Waals surface area contributed by atoms with Crippen LogP contribution in [0.25, 0.3) is 11.0 Å². The van der Waals surface area contributed by atoms with Gasteiger partial charge in [0.15, 0.2) is 0 Å². The standard InChI is InChI=1S/C25H24N2O4/c1-2-13-7-8-14(30-20-12-26-16-5-3-4-6-17(16)27-20)11-15(13)21-24(28)22-18-9-10-19(31-18)23(22)25(21)29/h3-8,11-12,18-19,21-24,28H,2,9-10H2,1H3. The van der Waals surface area contributed by atoms with Gasteiger partial charge in [-0.25, -0.2) is 9.97 Å². The summed E-state index contributed by atoms with van der Waals surface area (Å²) in [4.78, 5) is 22.3. The second kappa shape index (κ2) is 7.11. The number of benzene rings is 2. The number of aliphatic hydroxyl groups is 1. The average Bonchev–Trinajstić information content (AvgIpc) is 3.47. The lowest BCUT2D eigenvalue weighted by Crippen LogP contribution is -2.31. The van der Waals surface area contributed by atoms with Crippen molar-refractivity contribution < 1.29 is 19.4 Å². The molecule has 6 heteroatoms. The molecule has 158 valence electrons. The molecule has 3 fully saturated rings. The fourth-order valence-electron chi connectivity index (χ4n) is 5.81. The first-order chi connectivity index (χ1) is 15.1. The van der Waals surface area contributed by atoms with E-state index < -0.39 is 12.0 Å². The second-order valence-corrected chi connectivity index (χ2v) is 8.78. The number of rotatable bonds is 4. The molecule has 31 heavy (non-hydrogen) atoms. The van der Waals surface area contributed by atoms with E-state index in [1.54, 1.807) is 6.20 Å². The molecule has 2 saturated heterocycles. The summed E-state index contributed by atoms with van der Waals surface area (Å²) in [6, 6.07) is 13.4. The van der Waals surface area contributed by atoms with Gasteiger partial charge in [0.1, 0.15) is 11.5 Å². The van der Waals surface area contributed by atoms with Crippen molar-refractivity contribution in [3.8, 4) is 11.6 Å². The number of carbonyl (C=O) groups is 1. The highest BCUT2D eigenvalue weighted by Crippen LogP contribution is 2.54. The van der Waals surface area contributed by atoms with Crippen molar-refractivity contribution in [1.82, 2.24) is 9.97 Å². The minimum Gasteiger partial charge on any atom is -0.437 e. The highest BCUT2D eigenvalue weighted by atomic mass is 16.5. The second-order valence-electron chi connectivity index (χ2n) is 8.78. The zero-order valence-corrected chi connectivity index (χ0v) is 17.3. The van der Waals surface area contributed by atoms with E-state index >= 15 is 0 Å². The lowest BCUT2D eigenvalue weighted by Gasteiger charge is -2.23. The number of aliphatic hydroxyl groups excluding tert-OH is 1. The normalized spacial score (nSPS) is 31.4. The zero-order chi connectivity index (χ0) is 21.1. The predicted octanol–water partition coefficient (Wildman–Crippen LogP) is 3.81. The first kappa shape index (κ1) is 18.9. The Morgan fingerprint density at radius 3 is 2.74 bits per heavy atom. The molecule has 6 nitrogen and oxygen atoms in total. The first-order valence-electron chi connectivity index (χ1n) is 11.0. The number of nitrogens with zero attached hydrogens (tertiary/aromatic N) is 2. The molecule has 2 aliphatic heterocycles. The Morgan fingerprint density at radius 1 is 1.13 bits per heavy atom. The number of ether oxygens (including phenoxy) is 2. The van der Waals surface area contributed by atoms with E-state index in [1.165, 1.54) is 0 Å². The SMILES string of the molecule is CCc1ccc(Oc2cnc3ccccc3n2)cc1C1C(=O)C2C3CCC(O3)C2C1O. The Hall–Kier alpha value is -2.83. The molecule has 3 aliphatic rings. The minimum absolute atomic E-state index is 0.0105. The lowest BCUT2D eigenvalue weighted by molar-refractivity contribution is -0.124. The van der Waals surface area contributed by atoms with Crippen LogP contribution in [0.3, 0.4) is 0 Å². The number of hydrogen-bond donors (Lipinski definition) is 1. The average molecular weight is 416 g/mol. The zero-order valence-electron chi connectivity index (χ0n) is 17.3. The van der Waals surface area contributed by atoms with Gasteiger partial charge < -0.3 is 14.6 Å². The molecule has 0 radical (unpaired) electrons. The first-order valence-corrected chi connectivity index (χ1v) is 11.0.